The molecule has 0 amide bonds. The molecule has 0 bridgehead atoms. The molecule has 0 saturated heterocycles. The summed E-state index contributed by atoms with van der Waals surface area (Å²) in [6.45, 7) is 5.84. The molecule has 1 unspecified atom stereocenters. The fraction of sp³-hybridized carbons (Fsp3) is 0.280. The summed E-state index contributed by atoms with van der Waals surface area (Å²) in [6, 6.07) is 16.9. The van der Waals surface area contributed by atoms with Gasteiger partial charge in [0.05, 0.1) is 0 Å². The average molecular weight is 519 g/mol. The van der Waals surface area contributed by atoms with Gasteiger partial charge in [-0.3, -0.25) is 0 Å². The Labute approximate surface area is 201 Å². The van der Waals surface area contributed by atoms with E-state index >= 15 is 0 Å². The van der Waals surface area contributed by atoms with Gasteiger partial charge in [-0.25, -0.2) is 0 Å². The van der Waals surface area contributed by atoms with Crippen LogP contribution in [0, 0.1) is 0 Å². The molecule has 0 radical (unpaired) electrons. The van der Waals surface area contributed by atoms with E-state index in [2.05, 4.69) is 16.0 Å². The Morgan fingerprint density at radius 2 is 1.59 bits per heavy atom. The molecule has 1 heterocycles. The van der Waals surface area contributed by atoms with Crippen LogP contribution >= 0.6 is 11.6 Å². The maximum atomic E-state index is 13.4. The minimum atomic E-state index is -0.683. The van der Waals surface area contributed by atoms with Gasteiger partial charge in [0.2, 0.25) is 0 Å². The van der Waals surface area contributed by atoms with Gasteiger partial charge in [-0.05, 0) is 0 Å². The fourth-order valence-corrected chi connectivity index (χ4v) is 4.89. The van der Waals surface area contributed by atoms with Crippen molar-refractivity contribution < 1.29 is 19.1 Å². The van der Waals surface area contributed by atoms with Gasteiger partial charge in [-0.2, -0.15) is 0 Å². The third-order valence-electron chi connectivity index (χ3n) is 5.26. The van der Waals surface area contributed by atoms with Crippen molar-refractivity contribution in [1.82, 2.24) is 4.90 Å². The number of esters is 2. The van der Waals surface area contributed by atoms with Crippen LogP contribution in [0.1, 0.15) is 37.8 Å². The van der Waals surface area contributed by atoms with E-state index < -0.39 is 17.9 Å². The van der Waals surface area contributed by atoms with Crippen LogP contribution in [-0.4, -0.2) is 51.5 Å². The van der Waals surface area contributed by atoms with Crippen LogP contribution in [0.25, 0.3) is 5.70 Å². The Balaban J connectivity index is 2.40. The van der Waals surface area contributed by atoms with Crippen LogP contribution < -0.4 is 0 Å². The normalized spacial score (nSPS) is 16.3. The SMILES string of the molecule is CCOC(=O)C1=C(C)N(C[SeH])C(c2ccccc2)=C(C(=O)OCC)C1c1cccc(Cl)c1. The van der Waals surface area contributed by atoms with E-state index in [0.717, 1.165) is 16.8 Å². The van der Waals surface area contributed by atoms with E-state index in [4.69, 9.17) is 21.1 Å². The van der Waals surface area contributed by atoms with E-state index in [9.17, 15) is 9.59 Å². The monoisotopic (exact) mass is 519 g/mol. The molecule has 32 heavy (non-hydrogen) atoms. The predicted molar refractivity (Wildman–Crippen MR) is 127 cm³/mol. The minimum absolute atomic E-state index is 0.215. The first-order valence-electron chi connectivity index (χ1n) is 10.4. The maximum absolute atomic E-state index is 13.4. The summed E-state index contributed by atoms with van der Waals surface area (Å²) >= 11 is 8.81. The van der Waals surface area contributed by atoms with Crippen LogP contribution in [0.5, 0.6) is 0 Å². The third-order valence-corrected chi connectivity index (χ3v) is 6.09. The number of hydrogen-bond acceptors (Lipinski definition) is 5. The van der Waals surface area contributed by atoms with Crippen molar-refractivity contribution in [2.75, 3.05) is 18.7 Å². The van der Waals surface area contributed by atoms with E-state index in [0.29, 0.717) is 27.3 Å². The Bertz CT molecular complexity index is 1060. The van der Waals surface area contributed by atoms with Crippen molar-refractivity contribution in [2.24, 2.45) is 0 Å². The summed E-state index contributed by atoms with van der Waals surface area (Å²) in [5, 5.41) is 0.516. The predicted octanol–water partition coefficient (Wildman–Crippen LogP) is 4.41. The molecule has 7 heteroatoms. The Morgan fingerprint density at radius 1 is 0.969 bits per heavy atom. The van der Waals surface area contributed by atoms with Gasteiger partial charge in [0.25, 0.3) is 0 Å². The Kier molecular flexibility index (Phi) is 8.19. The number of nitrogens with zero attached hydrogens (tertiary/aromatic N) is 1. The number of rotatable bonds is 7. The molecule has 0 aromatic heterocycles. The summed E-state index contributed by atoms with van der Waals surface area (Å²) in [5.41, 5.74) is 4.30. The van der Waals surface area contributed by atoms with Crippen molar-refractivity contribution in [1.29, 1.82) is 0 Å². The average Bonchev–Trinajstić information content (AvgIpc) is 2.79. The van der Waals surface area contributed by atoms with E-state index in [1.54, 1.807) is 26.0 Å². The molecule has 0 N–H and O–H groups in total. The van der Waals surface area contributed by atoms with E-state index in [1.807, 2.05) is 54.3 Å². The van der Waals surface area contributed by atoms with Gasteiger partial charge in [0.1, 0.15) is 0 Å². The molecule has 1 aliphatic heterocycles. The van der Waals surface area contributed by atoms with Crippen LogP contribution in [0.4, 0.5) is 0 Å². The second kappa shape index (κ2) is 10.9. The first kappa shape index (κ1) is 24.1. The zero-order valence-corrected chi connectivity index (χ0v) is 20.9. The summed E-state index contributed by atoms with van der Waals surface area (Å²) in [4.78, 5) is 28.6. The second-order valence-corrected chi connectivity index (χ2v) is 8.16. The van der Waals surface area contributed by atoms with Crippen LogP contribution in [-0.2, 0) is 19.1 Å². The summed E-state index contributed by atoms with van der Waals surface area (Å²) in [6.07, 6.45) is 0. The standard InChI is InChI=1S/C25H26ClNO4Se/c1-4-30-24(28)20-16(3)27(15-32)23(17-10-7-6-8-11-17)22(25(29)31-5-2)21(20)18-12-9-13-19(26)14-18/h6-14,21,32H,4-5,15H2,1-3H3. The molecule has 2 aromatic rings. The first-order valence-corrected chi connectivity index (χ1v) is 12.1. The van der Waals surface area contributed by atoms with Crippen molar-refractivity contribution in [2.45, 2.75) is 26.7 Å². The molecule has 2 aromatic carbocycles. The topological polar surface area (TPSA) is 55.8 Å². The fourth-order valence-electron chi connectivity index (χ4n) is 3.95. The Morgan fingerprint density at radius 3 is 2.16 bits per heavy atom. The summed E-state index contributed by atoms with van der Waals surface area (Å²) < 4.78 is 10.9. The summed E-state index contributed by atoms with van der Waals surface area (Å²) in [7, 11) is 0. The molecular weight excluding hydrogens is 493 g/mol. The number of allylic oxidation sites excluding steroid dienone is 1. The van der Waals surface area contributed by atoms with Gasteiger partial charge in [0.15, 0.2) is 0 Å². The van der Waals surface area contributed by atoms with Crippen molar-refractivity contribution >= 4 is 45.2 Å². The van der Waals surface area contributed by atoms with Crippen molar-refractivity contribution in [3.05, 3.63) is 87.6 Å². The molecular formula is C25H26ClNO4Se. The van der Waals surface area contributed by atoms with E-state index in [-0.39, 0.29) is 13.2 Å². The van der Waals surface area contributed by atoms with Gasteiger partial charge < -0.3 is 0 Å². The zero-order chi connectivity index (χ0) is 23.3. The molecule has 1 aliphatic rings. The molecule has 0 saturated carbocycles. The molecule has 0 spiro atoms. The number of ether oxygens (including phenoxy) is 2. The molecule has 168 valence electrons. The van der Waals surface area contributed by atoms with Gasteiger partial charge >= 0.3 is 202 Å². The van der Waals surface area contributed by atoms with Crippen molar-refractivity contribution in [3.63, 3.8) is 0 Å². The third kappa shape index (κ3) is 4.78. The molecule has 1 atom stereocenters. The summed E-state index contributed by atoms with van der Waals surface area (Å²) in [5.74, 6) is -1.62. The van der Waals surface area contributed by atoms with Crippen LogP contribution in [0.3, 0.4) is 0 Å². The van der Waals surface area contributed by atoms with Crippen LogP contribution in [0.2, 0.25) is 5.02 Å². The number of halogens is 1. The van der Waals surface area contributed by atoms with Crippen LogP contribution in [0.15, 0.2) is 71.4 Å². The number of hydrogen-bond donors (Lipinski definition) is 0. The zero-order valence-electron chi connectivity index (χ0n) is 18.3. The van der Waals surface area contributed by atoms with Crippen molar-refractivity contribution in [3.8, 4) is 0 Å². The molecule has 3 rings (SSSR count). The van der Waals surface area contributed by atoms with Gasteiger partial charge in [-0.15, -0.1) is 0 Å². The Hall–Kier alpha value is -2.53. The van der Waals surface area contributed by atoms with Gasteiger partial charge in [0, 0.05) is 0 Å². The van der Waals surface area contributed by atoms with Gasteiger partial charge in [-0.1, -0.05) is 0 Å². The quantitative estimate of drug-likeness (QED) is 0.401. The van der Waals surface area contributed by atoms with E-state index in [1.165, 1.54) is 0 Å². The molecule has 5 nitrogen and oxygen atoms in total. The molecule has 0 aliphatic carbocycles. The number of carbonyl (C=O) groups excluding carboxylic acids is 2. The number of carbonyl (C=O) groups is 2. The molecule has 0 fully saturated rings. The second-order valence-electron chi connectivity index (χ2n) is 7.13. The first-order chi connectivity index (χ1) is 15.4. The number of benzene rings is 2.